The third-order valence-corrected chi connectivity index (χ3v) is 3.76. The monoisotopic (exact) mass is 372 g/mol. The number of anilines is 1. The SMILES string of the molecule is COc1cc(C(=O)Nc2n[nH]c(-c3ccc(F)cc3)n2)cc(OC)c1OC. The minimum absolute atomic E-state index is 0.0769. The number of carbonyl (C=O) groups is 1. The van der Waals surface area contributed by atoms with Gasteiger partial charge in [0.1, 0.15) is 5.82 Å². The van der Waals surface area contributed by atoms with Gasteiger partial charge in [-0.1, -0.05) is 0 Å². The molecular weight excluding hydrogens is 355 g/mol. The summed E-state index contributed by atoms with van der Waals surface area (Å²) in [5, 5.41) is 9.23. The number of carbonyl (C=O) groups excluding carboxylic acids is 1. The van der Waals surface area contributed by atoms with Gasteiger partial charge in [-0.2, -0.15) is 4.98 Å². The quantitative estimate of drug-likeness (QED) is 0.690. The lowest BCUT2D eigenvalue weighted by Gasteiger charge is -2.13. The predicted molar refractivity (Wildman–Crippen MR) is 95.8 cm³/mol. The number of amides is 1. The molecule has 0 aliphatic heterocycles. The number of nitrogens with zero attached hydrogens (tertiary/aromatic N) is 2. The van der Waals surface area contributed by atoms with Crippen molar-refractivity contribution < 1.29 is 23.4 Å². The van der Waals surface area contributed by atoms with Crippen LogP contribution in [0, 0.1) is 5.82 Å². The first-order valence-corrected chi connectivity index (χ1v) is 7.85. The summed E-state index contributed by atoms with van der Waals surface area (Å²) in [7, 11) is 4.40. The highest BCUT2D eigenvalue weighted by Gasteiger charge is 2.18. The number of aromatic amines is 1. The normalized spacial score (nSPS) is 10.4. The number of H-pyrrole nitrogens is 1. The third kappa shape index (κ3) is 3.81. The molecule has 0 atom stereocenters. The summed E-state index contributed by atoms with van der Waals surface area (Å²) < 4.78 is 28.7. The number of benzene rings is 2. The van der Waals surface area contributed by atoms with Crippen LogP contribution < -0.4 is 19.5 Å². The second kappa shape index (κ2) is 7.73. The van der Waals surface area contributed by atoms with E-state index in [0.29, 0.717) is 28.6 Å². The largest absolute Gasteiger partial charge is 0.493 e. The molecule has 27 heavy (non-hydrogen) atoms. The molecule has 0 aliphatic rings. The van der Waals surface area contributed by atoms with E-state index < -0.39 is 5.91 Å². The molecule has 3 rings (SSSR count). The van der Waals surface area contributed by atoms with Crippen LogP contribution in [0.1, 0.15) is 10.4 Å². The van der Waals surface area contributed by atoms with Crippen molar-refractivity contribution in [3.63, 3.8) is 0 Å². The summed E-state index contributed by atoms with van der Waals surface area (Å²) >= 11 is 0. The summed E-state index contributed by atoms with van der Waals surface area (Å²) in [6, 6.07) is 8.77. The molecule has 0 unspecified atom stereocenters. The number of halogens is 1. The smallest absolute Gasteiger partial charge is 0.258 e. The fourth-order valence-corrected chi connectivity index (χ4v) is 2.44. The van der Waals surface area contributed by atoms with E-state index in [1.807, 2.05) is 0 Å². The van der Waals surface area contributed by atoms with Crippen LogP contribution in [0.25, 0.3) is 11.4 Å². The second-order valence-corrected chi connectivity index (χ2v) is 5.38. The van der Waals surface area contributed by atoms with Crippen molar-refractivity contribution in [2.24, 2.45) is 0 Å². The number of ether oxygens (including phenoxy) is 3. The standard InChI is InChI=1S/C18H17FN4O4/c1-25-13-8-11(9-14(26-2)15(13)27-3)17(24)21-18-20-16(22-23-18)10-4-6-12(19)7-5-10/h4-9H,1-3H3,(H2,20,21,22,23,24). The molecule has 0 fully saturated rings. The van der Waals surface area contributed by atoms with Crippen molar-refractivity contribution in [2.75, 3.05) is 26.6 Å². The third-order valence-electron chi connectivity index (χ3n) is 3.76. The van der Waals surface area contributed by atoms with Crippen molar-refractivity contribution >= 4 is 11.9 Å². The average molecular weight is 372 g/mol. The lowest BCUT2D eigenvalue weighted by Crippen LogP contribution is -2.13. The van der Waals surface area contributed by atoms with Crippen molar-refractivity contribution in [2.45, 2.75) is 0 Å². The predicted octanol–water partition coefficient (Wildman–Crippen LogP) is 2.89. The van der Waals surface area contributed by atoms with Crippen LogP contribution in [0.15, 0.2) is 36.4 Å². The van der Waals surface area contributed by atoms with Crippen LogP contribution >= 0.6 is 0 Å². The minimum atomic E-state index is -0.459. The highest BCUT2D eigenvalue weighted by molar-refractivity contribution is 6.04. The maximum absolute atomic E-state index is 13.0. The number of hydrogen-bond acceptors (Lipinski definition) is 6. The van der Waals surface area contributed by atoms with Crippen LogP contribution in [0.3, 0.4) is 0 Å². The average Bonchev–Trinajstić information content (AvgIpc) is 3.15. The zero-order valence-electron chi connectivity index (χ0n) is 14.9. The van der Waals surface area contributed by atoms with Crippen molar-refractivity contribution in [1.82, 2.24) is 15.2 Å². The van der Waals surface area contributed by atoms with Gasteiger partial charge in [-0.05, 0) is 36.4 Å². The number of nitrogens with one attached hydrogen (secondary N) is 2. The van der Waals surface area contributed by atoms with Crippen LogP contribution in [-0.2, 0) is 0 Å². The molecule has 1 amide bonds. The van der Waals surface area contributed by atoms with Crippen molar-refractivity contribution in [1.29, 1.82) is 0 Å². The van der Waals surface area contributed by atoms with Gasteiger partial charge in [0.05, 0.1) is 21.3 Å². The molecule has 2 aromatic carbocycles. The summed E-state index contributed by atoms with van der Waals surface area (Å²) in [6.45, 7) is 0. The molecular formula is C18H17FN4O4. The Hall–Kier alpha value is -3.62. The Morgan fingerprint density at radius 3 is 2.22 bits per heavy atom. The lowest BCUT2D eigenvalue weighted by molar-refractivity contribution is 0.102. The van der Waals surface area contributed by atoms with Gasteiger partial charge in [-0.3, -0.25) is 15.2 Å². The van der Waals surface area contributed by atoms with Gasteiger partial charge < -0.3 is 14.2 Å². The molecule has 1 aromatic heterocycles. The van der Waals surface area contributed by atoms with Gasteiger partial charge in [0.15, 0.2) is 17.3 Å². The molecule has 140 valence electrons. The molecule has 3 aromatic rings. The molecule has 0 spiro atoms. The number of methoxy groups -OCH3 is 3. The molecule has 2 N–H and O–H groups in total. The van der Waals surface area contributed by atoms with Gasteiger partial charge in [0.2, 0.25) is 11.7 Å². The van der Waals surface area contributed by atoms with Crippen LogP contribution in [0.5, 0.6) is 17.2 Å². The van der Waals surface area contributed by atoms with E-state index in [1.54, 1.807) is 12.1 Å². The Morgan fingerprint density at radius 2 is 1.67 bits per heavy atom. The number of hydrogen-bond donors (Lipinski definition) is 2. The summed E-state index contributed by atoms with van der Waals surface area (Å²) in [6.07, 6.45) is 0. The molecule has 0 saturated carbocycles. The van der Waals surface area contributed by atoms with Crippen LogP contribution in [0.2, 0.25) is 0 Å². The zero-order valence-corrected chi connectivity index (χ0v) is 14.9. The van der Waals surface area contributed by atoms with Crippen molar-refractivity contribution in [3.8, 4) is 28.6 Å². The first-order chi connectivity index (χ1) is 13.0. The minimum Gasteiger partial charge on any atom is -0.493 e. The summed E-state index contributed by atoms with van der Waals surface area (Å²) in [5.74, 6) is 0.748. The fourth-order valence-electron chi connectivity index (χ4n) is 2.44. The van der Waals surface area contributed by atoms with Crippen LogP contribution in [0.4, 0.5) is 10.3 Å². The Kier molecular flexibility index (Phi) is 5.20. The summed E-state index contributed by atoms with van der Waals surface area (Å²) in [5.41, 5.74) is 0.912. The van der Waals surface area contributed by atoms with Crippen LogP contribution in [-0.4, -0.2) is 42.4 Å². The first-order valence-electron chi connectivity index (χ1n) is 7.85. The second-order valence-electron chi connectivity index (χ2n) is 5.38. The van der Waals surface area contributed by atoms with Gasteiger partial charge in [-0.15, -0.1) is 5.10 Å². The fraction of sp³-hybridized carbons (Fsp3) is 0.167. The topological polar surface area (TPSA) is 98.4 Å². The maximum Gasteiger partial charge on any atom is 0.258 e. The Bertz CT molecular complexity index is 931. The molecule has 0 radical (unpaired) electrons. The van der Waals surface area contributed by atoms with Gasteiger partial charge >= 0.3 is 0 Å². The highest BCUT2D eigenvalue weighted by atomic mass is 19.1. The van der Waals surface area contributed by atoms with Gasteiger partial charge in [0, 0.05) is 11.1 Å². The molecule has 0 saturated heterocycles. The van der Waals surface area contributed by atoms with E-state index in [0.717, 1.165) is 0 Å². The maximum atomic E-state index is 13.0. The van der Waals surface area contributed by atoms with Gasteiger partial charge in [0.25, 0.3) is 5.91 Å². The molecule has 0 aliphatic carbocycles. The lowest BCUT2D eigenvalue weighted by atomic mass is 10.1. The first kappa shape index (κ1) is 18.2. The molecule has 0 bridgehead atoms. The zero-order chi connectivity index (χ0) is 19.4. The number of rotatable bonds is 6. The Morgan fingerprint density at radius 1 is 1.04 bits per heavy atom. The van der Waals surface area contributed by atoms with E-state index in [4.69, 9.17) is 14.2 Å². The molecule has 8 nitrogen and oxygen atoms in total. The van der Waals surface area contributed by atoms with Crippen molar-refractivity contribution in [3.05, 3.63) is 47.8 Å². The van der Waals surface area contributed by atoms with E-state index in [-0.39, 0.29) is 17.3 Å². The highest BCUT2D eigenvalue weighted by Crippen LogP contribution is 2.38. The Labute approximate surface area is 154 Å². The molecule has 1 heterocycles. The number of aromatic nitrogens is 3. The van der Waals surface area contributed by atoms with E-state index in [1.165, 1.54) is 45.6 Å². The van der Waals surface area contributed by atoms with E-state index >= 15 is 0 Å². The van der Waals surface area contributed by atoms with E-state index in [9.17, 15) is 9.18 Å². The summed E-state index contributed by atoms with van der Waals surface area (Å²) in [4.78, 5) is 16.7. The van der Waals surface area contributed by atoms with E-state index in [2.05, 4.69) is 20.5 Å². The Balaban J connectivity index is 1.82. The van der Waals surface area contributed by atoms with Gasteiger partial charge in [-0.25, -0.2) is 4.39 Å². The molecule has 9 heteroatoms.